The summed E-state index contributed by atoms with van der Waals surface area (Å²) in [5.74, 6) is -0.396. The molecule has 0 aliphatic heterocycles. The molecule has 0 saturated heterocycles. The van der Waals surface area contributed by atoms with E-state index in [9.17, 15) is 9.59 Å². The predicted octanol–water partition coefficient (Wildman–Crippen LogP) is 6.34. The number of hydrogen-bond acceptors (Lipinski definition) is 7. The molecular formula is C30H31FN2O6. The average molecular weight is 535 g/mol. The molecule has 1 N–H and O–H groups in total. The molecule has 0 unspecified atom stereocenters. The topological polar surface area (TPSA) is 99.9 Å². The van der Waals surface area contributed by atoms with Gasteiger partial charge < -0.3 is 23.9 Å². The van der Waals surface area contributed by atoms with Crippen molar-refractivity contribution in [2.75, 3.05) is 6.61 Å². The van der Waals surface area contributed by atoms with E-state index in [1.807, 2.05) is 0 Å². The van der Waals surface area contributed by atoms with Crippen LogP contribution in [0.25, 0.3) is 22.1 Å². The highest BCUT2D eigenvalue weighted by Crippen LogP contribution is 2.35. The van der Waals surface area contributed by atoms with Gasteiger partial charge in [0.25, 0.3) is 0 Å². The monoisotopic (exact) mass is 534 g/mol. The standard InChI is InChI=1S/C30H31FN2O6/c1-5-36-25(34)16-19-8-6-7-9-24(19)38-18-22-14-21-11-13-37-28(21)26(27(22)31)20-10-12-32-23(15-20)17-33-29(35)39-30(2,3)4/h6-15H,5,16-18H2,1-4H3,(H,33,35). The van der Waals surface area contributed by atoms with E-state index >= 15 is 4.39 Å². The molecule has 2 aromatic heterocycles. The first-order valence-electron chi connectivity index (χ1n) is 12.6. The van der Waals surface area contributed by atoms with Gasteiger partial charge in [0.15, 0.2) is 0 Å². The van der Waals surface area contributed by atoms with Crippen LogP contribution in [0.5, 0.6) is 5.75 Å². The van der Waals surface area contributed by atoms with Gasteiger partial charge in [-0.05, 0) is 63.6 Å². The van der Waals surface area contributed by atoms with Crippen molar-refractivity contribution in [1.82, 2.24) is 10.3 Å². The average Bonchev–Trinajstić information content (AvgIpc) is 3.34. The van der Waals surface area contributed by atoms with E-state index in [1.165, 1.54) is 6.26 Å². The lowest BCUT2D eigenvalue weighted by Gasteiger charge is -2.19. The molecule has 2 aromatic carbocycles. The maximum atomic E-state index is 16.0. The summed E-state index contributed by atoms with van der Waals surface area (Å²) in [4.78, 5) is 28.3. The van der Waals surface area contributed by atoms with Crippen molar-refractivity contribution in [3.05, 3.63) is 83.6 Å². The van der Waals surface area contributed by atoms with Crippen LogP contribution in [-0.2, 0) is 33.8 Å². The predicted molar refractivity (Wildman–Crippen MR) is 144 cm³/mol. The number of furan rings is 1. The minimum absolute atomic E-state index is 0.0512. The zero-order valence-electron chi connectivity index (χ0n) is 22.4. The SMILES string of the molecule is CCOC(=O)Cc1ccccc1OCc1cc2ccoc2c(-c2ccnc(CNC(=O)OC(C)(C)C)c2)c1F. The Morgan fingerprint density at radius 2 is 1.87 bits per heavy atom. The first-order chi connectivity index (χ1) is 18.6. The van der Waals surface area contributed by atoms with Crippen molar-refractivity contribution in [2.45, 2.75) is 52.9 Å². The lowest BCUT2D eigenvalue weighted by molar-refractivity contribution is -0.142. The molecule has 2 heterocycles. The van der Waals surface area contributed by atoms with Crippen molar-refractivity contribution in [3.8, 4) is 16.9 Å². The van der Waals surface area contributed by atoms with Gasteiger partial charge in [-0.25, -0.2) is 9.18 Å². The van der Waals surface area contributed by atoms with Crippen molar-refractivity contribution in [2.24, 2.45) is 0 Å². The number of aromatic nitrogens is 1. The fraction of sp³-hybridized carbons (Fsp3) is 0.300. The lowest BCUT2D eigenvalue weighted by atomic mass is 9.99. The second-order valence-electron chi connectivity index (χ2n) is 9.83. The third-order valence-corrected chi connectivity index (χ3v) is 5.67. The summed E-state index contributed by atoms with van der Waals surface area (Å²) in [7, 11) is 0. The van der Waals surface area contributed by atoms with Crippen LogP contribution in [-0.4, -0.2) is 29.3 Å². The molecule has 4 rings (SSSR count). The number of hydrogen-bond donors (Lipinski definition) is 1. The highest BCUT2D eigenvalue weighted by atomic mass is 19.1. The van der Waals surface area contributed by atoms with Crippen LogP contribution in [0.15, 0.2) is 65.4 Å². The van der Waals surface area contributed by atoms with Gasteiger partial charge in [0, 0.05) is 22.7 Å². The van der Waals surface area contributed by atoms with Gasteiger partial charge in [-0.2, -0.15) is 0 Å². The van der Waals surface area contributed by atoms with Gasteiger partial charge >= 0.3 is 12.1 Å². The van der Waals surface area contributed by atoms with E-state index in [0.29, 0.717) is 39.1 Å². The molecule has 0 fully saturated rings. The summed E-state index contributed by atoms with van der Waals surface area (Å²) in [6, 6.07) is 13.9. The normalized spacial score (nSPS) is 11.3. The van der Waals surface area contributed by atoms with E-state index < -0.39 is 17.5 Å². The summed E-state index contributed by atoms with van der Waals surface area (Å²) in [5.41, 5.74) is 2.04. The molecule has 0 aliphatic carbocycles. The van der Waals surface area contributed by atoms with Crippen LogP contribution in [0.3, 0.4) is 0 Å². The molecule has 0 saturated carbocycles. The molecule has 0 bridgehead atoms. The van der Waals surface area contributed by atoms with Crippen molar-refractivity contribution in [3.63, 3.8) is 0 Å². The molecule has 0 atom stereocenters. The zero-order chi connectivity index (χ0) is 28.0. The molecule has 1 amide bonds. The first kappa shape index (κ1) is 27.6. The largest absolute Gasteiger partial charge is 0.488 e. The van der Waals surface area contributed by atoms with E-state index in [-0.39, 0.29) is 37.7 Å². The minimum atomic E-state index is -0.630. The molecule has 9 heteroatoms. The highest BCUT2D eigenvalue weighted by molar-refractivity contribution is 5.93. The number of nitrogens with one attached hydrogen (secondary N) is 1. The lowest BCUT2D eigenvalue weighted by Crippen LogP contribution is -2.32. The zero-order valence-corrected chi connectivity index (χ0v) is 22.4. The van der Waals surface area contributed by atoms with E-state index in [0.717, 1.165) is 0 Å². The molecular weight excluding hydrogens is 503 g/mol. The second-order valence-corrected chi connectivity index (χ2v) is 9.83. The number of halogens is 1. The van der Waals surface area contributed by atoms with Crippen LogP contribution >= 0.6 is 0 Å². The Bertz CT molecular complexity index is 1470. The van der Waals surface area contributed by atoms with Gasteiger partial charge in [-0.3, -0.25) is 9.78 Å². The van der Waals surface area contributed by atoms with Gasteiger partial charge in [0.2, 0.25) is 0 Å². The number of benzene rings is 2. The number of pyridine rings is 1. The van der Waals surface area contributed by atoms with E-state index in [1.54, 1.807) is 82.4 Å². The Morgan fingerprint density at radius 1 is 1.08 bits per heavy atom. The number of nitrogens with zero attached hydrogens (tertiary/aromatic N) is 1. The molecule has 204 valence electrons. The molecule has 0 radical (unpaired) electrons. The van der Waals surface area contributed by atoms with Gasteiger partial charge in [0.05, 0.1) is 37.1 Å². The summed E-state index contributed by atoms with van der Waals surface area (Å²) < 4.78 is 37.9. The number of ether oxygens (including phenoxy) is 3. The number of rotatable bonds is 9. The Kier molecular flexibility index (Phi) is 8.49. The van der Waals surface area contributed by atoms with Crippen molar-refractivity contribution in [1.29, 1.82) is 0 Å². The van der Waals surface area contributed by atoms with Crippen LogP contribution in [0, 0.1) is 5.82 Å². The Labute approximate surface area is 226 Å². The Balaban J connectivity index is 1.59. The minimum Gasteiger partial charge on any atom is -0.488 e. The van der Waals surface area contributed by atoms with Crippen molar-refractivity contribution >= 4 is 23.0 Å². The third kappa shape index (κ3) is 7.13. The summed E-state index contributed by atoms with van der Waals surface area (Å²) in [6.07, 6.45) is 2.52. The smallest absolute Gasteiger partial charge is 0.407 e. The van der Waals surface area contributed by atoms with Crippen molar-refractivity contribution < 1.29 is 32.6 Å². The quantitative estimate of drug-likeness (QED) is 0.250. The molecule has 0 spiro atoms. The Morgan fingerprint density at radius 3 is 2.64 bits per heavy atom. The summed E-state index contributed by atoms with van der Waals surface area (Å²) in [5, 5.41) is 3.37. The van der Waals surface area contributed by atoms with Crippen LogP contribution in [0.4, 0.5) is 9.18 Å². The maximum Gasteiger partial charge on any atom is 0.407 e. The second kappa shape index (κ2) is 12.0. The third-order valence-electron chi connectivity index (χ3n) is 5.67. The van der Waals surface area contributed by atoms with E-state index in [2.05, 4.69) is 10.3 Å². The summed E-state index contributed by atoms with van der Waals surface area (Å²) >= 11 is 0. The number of esters is 1. The number of carbonyl (C=O) groups excluding carboxylic acids is 2. The number of amides is 1. The number of para-hydroxylation sites is 1. The van der Waals surface area contributed by atoms with Crippen LogP contribution in [0.2, 0.25) is 0 Å². The summed E-state index contributed by atoms with van der Waals surface area (Å²) in [6.45, 7) is 7.39. The fourth-order valence-electron chi connectivity index (χ4n) is 4.03. The maximum absolute atomic E-state index is 16.0. The molecule has 8 nitrogen and oxygen atoms in total. The van der Waals surface area contributed by atoms with Crippen LogP contribution in [0.1, 0.15) is 44.5 Å². The number of fused-ring (bicyclic) bond motifs is 1. The fourth-order valence-corrected chi connectivity index (χ4v) is 4.03. The Hall–Kier alpha value is -4.40. The van der Waals surface area contributed by atoms with Gasteiger partial charge in [-0.1, -0.05) is 18.2 Å². The molecule has 0 aliphatic rings. The van der Waals surface area contributed by atoms with E-state index in [4.69, 9.17) is 18.6 Å². The molecule has 39 heavy (non-hydrogen) atoms. The van der Waals surface area contributed by atoms with Gasteiger partial charge in [-0.15, -0.1) is 0 Å². The number of carbonyl (C=O) groups is 2. The van der Waals surface area contributed by atoms with Gasteiger partial charge in [0.1, 0.15) is 29.4 Å². The highest BCUT2D eigenvalue weighted by Gasteiger charge is 2.20. The first-order valence-corrected chi connectivity index (χ1v) is 12.6. The molecule has 4 aromatic rings. The number of alkyl carbamates (subject to hydrolysis) is 1. The van der Waals surface area contributed by atoms with Crippen LogP contribution < -0.4 is 10.1 Å².